The molecule has 1 rings (SSSR count). The molecule has 4 nitrogen and oxygen atoms in total. The van der Waals surface area contributed by atoms with E-state index in [1.807, 2.05) is 19.1 Å². The molecule has 17 heavy (non-hydrogen) atoms. The molecule has 0 amide bonds. The minimum absolute atomic E-state index is 0.0414. The van der Waals surface area contributed by atoms with E-state index in [1.54, 1.807) is 19.2 Å². The first-order chi connectivity index (χ1) is 8.08. The summed E-state index contributed by atoms with van der Waals surface area (Å²) in [5.74, 6) is -0.497. The first-order valence-electron chi connectivity index (χ1n) is 5.43. The molecule has 0 heterocycles. The standard InChI is InChI=1S/C13H17NO3/c1-9-4-6-10(7-5-9)13(16)11(14-2)8-12(15)17-3/h4-7,11,14H,8H2,1-3H3. The van der Waals surface area contributed by atoms with Crippen LogP contribution in [0.25, 0.3) is 0 Å². The smallest absolute Gasteiger partial charge is 0.307 e. The summed E-state index contributed by atoms with van der Waals surface area (Å²) < 4.78 is 4.56. The lowest BCUT2D eigenvalue weighted by molar-refractivity contribution is -0.140. The molecular weight excluding hydrogens is 218 g/mol. The molecule has 1 N–H and O–H groups in total. The quantitative estimate of drug-likeness (QED) is 0.618. The van der Waals surface area contributed by atoms with Crippen molar-refractivity contribution in [1.29, 1.82) is 0 Å². The van der Waals surface area contributed by atoms with Gasteiger partial charge in [0.25, 0.3) is 0 Å². The minimum Gasteiger partial charge on any atom is -0.469 e. The number of likely N-dealkylation sites (N-methyl/N-ethyl adjacent to an activating group) is 1. The van der Waals surface area contributed by atoms with Gasteiger partial charge in [-0.3, -0.25) is 9.59 Å². The summed E-state index contributed by atoms with van der Waals surface area (Å²) in [6.45, 7) is 1.96. The Morgan fingerprint density at radius 1 is 1.29 bits per heavy atom. The number of benzene rings is 1. The number of carbonyl (C=O) groups excluding carboxylic acids is 2. The largest absolute Gasteiger partial charge is 0.469 e. The maximum atomic E-state index is 12.1. The van der Waals surface area contributed by atoms with Gasteiger partial charge in [-0.2, -0.15) is 0 Å². The number of ketones is 1. The first-order valence-corrected chi connectivity index (χ1v) is 5.43. The molecule has 92 valence electrons. The Labute approximate surface area is 101 Å². The van der Waals surface area contributed by atoms with E-state index >= 15 is 0 Å². The molecule has 4 heteroatoms. The highest BCUT2D eigenvalue weighted by molar-refractivity contribution is 6.01. The van der Waals surface area contributed by atoms with E-state index in [0.29, 0.717) is 5.56 Å². The second-order valence-corrected chi connectivity index (χ2v) is 3.85. The molecule has 1 aromatic carbocycles. The summed E-state index contributed by atoms with van der Waals surface area (Å²) in [5.41, 5.74) is 1.69. The van der Waals surface area contributed by atoms with Gasteiger partial charge in [0.2, 0.25) is 0 Å². The third-order valence-electron chi connectivity index (χ3n) is 2.60. The van der Waals surface area contributed by atoms with Gasteiger partial charge in [-0.25, -0.2) is 0 Å². The molecule has 0 fully saturated rings. The van der Waals surface area contributed by atoms with Crippen LogP contribution in [0.4, 0.5) is 0 Å². The summed E-state index contributed by atoms with van der Waals surface area (Å²) in [7, 11) is 2.96. The fourth-order valence-corrected chi connectivity index (χ4v) is 1.49. The Morgan fingerprint density at radius 2 is 1.88 bits per heavy atom. The summed E-state index contributed by atoms with van der Waals surface area (Å²) in [4.78, 5) is 23.2. The fraction of sp³-hybridized carbons (Fsp3) is 0.385. The third kappa shape index (κ3) is 3.67. The molecule has 1 unspecified atom stereocenters. The molecule has 0 aliphatic rings. The number of aryl methyl sites for hydroxylation is 1. The van der Waals surface area contributed by atoms with Crippen molar-refractivity contribution in [3.8, 4) is 0 Å². The van der Waals surface area contributed by atoms with Gasteiger partial charge >= 0.3 is 5.97 Å². The van der Waals surface area contributed by atoms with Crippen molar-refractivity contribution in [1.82, 2.24) is 5.32 Å². The number of Topliss-reactive ketones (excluding diaryl/α,β-unsaturated/α-hetero) is 1. The second-order valence-electron chi connectivity index (χ2n) is 3.85. The Hall–Kier alpha value is -1.68. The predicted molar refractivity (Wildman–Crippen MR) is 65.0 cm³/mol. The van der Waals surface area contributed by atoms with Crippen LogP contribution in [0.5, 0.6) is 0 Å². The van der Waals surface area contributed by atoms with Crippen molar-refractivity contribution in [2.45, 2.75) is 19.4 Å². The van der Waals surface area contributed by atoms with Crippen LogP contribution in [-0.2, 0) is 9.53 Å². The molecular formula is C13H17NO3. The lowest BCUT2D eigenvalue weighted by atomic mass is 10.0. The van der Waals surface area contributed by atoms with Crippen molar-refractivity contribution in [3.05, 3.63) is 35.4 Å². The van der Waals surface area contributed by atoms with Crippen LogP contribution in [0.3, 0.4) is 0 Å². The van der Waals surface area contributed by atoms with Crippen LogP contribution in [0.15, 0.2) is 24.3 Å². The lowest BCUT2D eigenvalue weighted by Gasteiger charge is -2.13. The van der Waals surface area contributed by atoms with Gasteiger partial charge in [0.15, 0.2) is 5.78 Å². The van der Waals surface area contributed by atoms with Gasteiger partial charge in [0.05, 0.1) is 19.6 Å². The van der Waals surface area contributed by atoms with Gasteiger partial charge in [-0.15, -0.1) is 0 Å². The first kappa shape index (κ1) is 13.4. The van der Waals surface area contributed by atoms with Gasteiger partial charge in [-0.05, 0) is 14.0 Å². The molecule has 1 atom stereocenters. The average Bonchev–Trinajstić information content (AvgIpc) is 2.35. The number of ether oxygens (including phenoxy) is 1. The van der Waals surface area contributed by atoms with Crippen LogP contribution in [-0.4, -0.2) is 32.0 Å². The molecule has 0 spiro atoms. The Morgan fingerprint density at radius 3 is 2.35 bits per heavy atom. The number of hydrogen-bond donors (Lipinski definition) is 1. The molecule has 1 aromatic rings. The Balaban J connectivity index is 2.78. The Bertz CT molecular complexity index is 398. The van der Waals surface area contributed by atoms with Crippen molar-refractivity contribution in [3.63, 3.8) is 0 Å². The number of carbonyl (C=O) groups is 2. The molecule has 0 aliphatic carbocycles. The zero-order valence-electron chi connectivity index (χ0n) is 10.3. The van der Waals surface area contributed by atoms with E-state index < -0.39 is 12.0 Å². The molecule has 0 radical (unpaired) electrons. The van der Waals surface area contributed by atoms with E-state index in [4.69, 9.17) is 0 Å². The topological polar surface area (TPSA) is 55.4 Å². The highest BCUT2D eigenvalue weighted by Gasteiger charge is 2.21. The molecule has 0 bridgehead atoms. The monoisotopic (exact) mass is 235 g/mol. The minimum atomic E-state index is -0.537. The van der Waals surface area contributed by atoms with Crippen LogP contribution < -0.4 is 5.32 Å². The van der Waals surface area contributed by atoms with Gasteiger partial charge < -0.3 is 10.1 Å². The van der Waals surface area contributed by atoms with Crippen molar-refractivity contribution in [2.24, 2.45) is 0 Å². The van der Waals surface area contributed by atoms with Gasteiger partial charge in [0, 0.05) is 5.56 Å². The zero-order chi connectivity index (χ0) is 12.8. The van der Waals surface area contributed by atoms with Crippen molar-refractivity contribution >= 4 is 11.8 Å². The van der Waals surface area contributed by atoms with Crippen molar-refractivity contribution in [2.75, 3.05) is 14.2 Å². The van der Waals surface area contributed by atoms with E-state index in [2.05, 4.69) is 10.1 Å². The van der Waals surface area contributed by atoms with Crippen LogP contribution in [0, 0.1) is 6.92 Å². The highest BCUT2D eigenvalue weighted by atomic mass is 16.5. The van der Waals surface area contributed by atoms with Crippen LogP contribution in [0.2, 0.25) is 0 Å². The van der Waals surface area contributed by atoms with Crippen molar-refractivity contribution < 1.29 is 14.3 Å². The van der Waals surface area contributed by atoms with E-state index in [0.717, 1.165) is 5.56 Å². The van der Waals surface area contributed by atoms with Crippen LogP contribution >= 0.6 is 0 Å². The number of nitrogens with one attached hydrogen (secondary N) is 1. The summed E-state index contributed by atoms with van der Waals surface area (Å²) in [5, 5.41) is 2.83. The van der Waals surface area contributed by atoms with E-state index in [1.165, 1.54) is 7.11 Å². The maximum absolute atomic E-state index is 12.1. The van der Waals surface area contributed by atoms with E-state index in [9.17, 15) is 9.59 Å². The summed E-state index contributed by atoms with van der Waals surface area (Å²) >= 11 is 0. The molecule has 0 saturated heterocycles. The van der Waals surface area contributed by atoms with Gasteiger partial charge in [-0.1, -0.05) is 29.8 Å². The third-order valence-corrected chi connectivity index (χ3v) is 2.60. The summed E-state index contributed by atoms with van der Waals surface area (Å²) in [6, 6.07) is 6.74. The van der Waals surface area contributed by atoms with E-state index in [-0.39, 0.29) is 12.2 Å². The highest BCUT2D eigenvalue weighted by Crippen LogP contribution is 2.08. The average molecular weight is 235 g/mol. The maximum Gasteiger partial charge on any atom is 0.307 e. The second kappa shape index (κ2) is 6.15. The predicted octanol–water partition coefficient (Wildman–Crippen LogP) is 1.33. The Kier molecular flexibility index (Phi) is 4.84. The fourth-order valence-electron chi connectivity index (χ4n) is 1.49. The zero-order valence-corrected chi connectivity index (χ0v) is 10.3. The molecule has 0 aliphatic heterocycles. The summed E-state index contributed by atoms with van der Waals surface area (Å²) in [6.07, 6.45) is 0.0414. The number of rotatable bonds is 5. The number of esters is 1. The number of hydrogen-bond acceptors (Lipinski definition) is 4. The molecule has 0 aromatic heterocycles. The SMILES string of the molecule is CNC(CC(=O)OC)C(=O)c1ccc(C)cc1. The van der Waals surface area contributed by atoms with Crippen LogP contribution in [0.1, 0.15) is 22.3 Å². The lowest BCUT2D eigenvalue weighted by Crippen LogP contribution is -2.36. The number of methoxy groups -OCH3 is 1. The normalized spacial score (nSPS) is 11.9. The molecule has 0 saturated carbocycles. The van der Waals surface area contributed by atoms with Gasteiger partial charge in [0.1, 0.15) is 0 Å².